The van der Waals surface area contributed by atoms with E-state index in [2.05, 4.69) is 12.2 Å². The summed E-state index contributed by atoms with van der Waals surface area (Å²) in [5, 5.41) is 2.76. The van der Waals surface area contributed by atoms with Crippen LogP contribution in [0.1, 0.15) is 44.6 Å². The second-order valence-electron chi connectivity index (χ2n) is 5.93. The first-order chi connectivity index (χ1) is 10.7. The molecule has 2 atom stereocenters. The fourth-order valence-corrected chi connectivity index (χ4v) is 3.09. The van der Waals surface area contributed by atoms with Crippen LogP contribution in [0.4, 0.5) is 4.79 Å². The van der Waals surface area contributed by atoms with Crippen molar-refractivity contribution in [1.29, 1.82) is 0 Å². The number of alkyl carbamates (subject to hydrolysis) is 1. The van der Waals surface area contributed by atoms with Gasteiger partial charge in [-0.05, 0) is 24.3 Å². The van der Waals surface area contributed by atoms with Crippen LogP contribution in [-0.2, 0) is 16.1 Å². The maximum Gasteiger partial charge on any atom is 0.407 e. The molecule has 0 bridgehead atoms. The normalized spacial score (nSPS) is 22.0. The minimum Gasteiger partial charge on any atom is -0.445 e. The number of amides is 1. The highest BCUT2D eigenvalue weighted by atomic mass is 16.5. The predicted molar refractivity (Wildman–Crippen MR) is 85.4 cm³/mol. The third-order valence-electron chi connectivity index (χ3n) is 4.43. The van der Waals surface area contributed by atoms with Gasteiger partial charge in [-0.15, -0.1) is 0 Å². The summed E-state index contributed by atoms with van der Waals surface area (Å²) >= 11 is 0. The number of nitrogens with one attached hydrogen (secondary N) is 1. The van der Waals surface area contributed by atoms with E-state index >= 15 is 0 Å². The van der Waals surface area contributed by atoms with Crippen LogP contribution in [0.2, 0.25) is 0 Å². The van der Waals surface area contributed by atoms with Gasteiger partial charge in [-0.1, -0.05) is 50.1 Å². The van der Waals surface area contributed by atoms with Crippen molar-refractivity contribution >= 4 is 11.9 Å². The Balaban J connectivity index is 1.79. The quantitative estimate of drug-likeness (QED) is 0.844. The van der Waals surface area contributed by atoms with E-state index in [0.29, 0.717) is 18.9 Å². The molecular weight excluding hydrogens is 278 g/mol. The lowest BCUT2D eigenvalue weighted by atomic mass is 9.85. The van der Waals surface area contributed by atoms with Crippen molar-refractivity contribution in [2.75, 3.05) is 6.54 Å². The molecular formula is C18H25NO3. The third kappa shape index (κ3) is 4.86. The number of ketones is 1. The van der Waals surface area contributed by atoms with E-state index in [4.69, 9.17) is 4.74 Å². The number of benzene rings is 1. The van der Waals surface area contributed by atoms with Crippen LogP contribution in [0.5, 0.6) is 0 Å². The molecule has 2 rings (SSSR count). The molecule has 120 valence electrons. The Bertz CT molecular complexity index is 486. The first-order valence-corrected chi connectivity index (χ1v) is 8.18. The van der Waals surface area contributed by atoms with Crippen molar-refractivity contribution in [2.45, 2.75) is 45.6 Å². The van der Waals surface area contributed by atoms with Crippen LogP contribution in [0.15, 0.2) is 30.3 Å². The molecule has 1 saturated carbocycles. The minimum absolute atomic E-state index is 0.0585. The molecule has 4 nitrogen and oxygen atoms in total. The zero-order chi connectivity index (χ0) is 15.8. The van der Waals surface area contributed by atoms with Gasteiger partial charge < -0.3 is 10.1 Å². The Hall–Kier alpha value is -1.84. The zero-order valence-corrected chi connectivity index (χ0v) is 13.2. The van der Waals surface area contributed by atoms with Gasteiger partial charge in [-0.3, -0.25) is 4.79 Å². The van der Waals surface area contributed by atoms with E-state index in [0.717, 1.165) is 31.2 Å². The lowest BCUT2D eigenvalue weighted by Gasteiger charge is -2.22. The maximum atomic E-state index is 12.2. The second-order valence-corrected chi connectivity index (χ2v) is 5.93. The molecule has 0 aromatic heterocycles. The molecule has 4 heteroatoms. The molecule has 1 fully saturated rings. The molecule has 0 radical (unpaired) electrons. The van der Waals surface area contributed by atoms with Crippen LogP contribution in [0.3, 0.4) is 0 Å². The van der Waals surface area contributed by atoms with E-state index in [9.17, 15) is 9.59 Å². The van der Waals surface area contributed by atoms with E-state index in [1.807, 2.05) is 30.3 Å². The van der Waals surface area contributed by atoms with Crippen molar-refractivity contribution in [3.05, 3.63) is 35.9 Å². The van der Waals surface area contributed by atoms with Gasteiger partial charge in [0.15, 0.2) is 0 Å². The predicted octanol–water partition coefficient (Wildman–Crippen LogP) is 3.70. The number of hydrogen-bond donors (Lipinski definition) is 1. The van der Waals surface area contributed by atoms with E-state index in [-0.39, 0.29) is 18.3 Å². The average Bonchev–Trinajstić information content (AvgIpc) is 2.73. The van der Waals surface area contributed by atoms with Gasteiger partial charge in [0, 0.05) is 18.9 Å². The van der Waals surface area contributed by atoms with E-state index in [1.54, 1.807) is 0 Å². The Kier molecular flexibility index (Phi) is 6.44. The molecule has 0 saturated heterocycles. The third-order valence-corrected chi connectivity index (χ3v) is 4.43. The highest BCUT2D eigenvalue weighted by Crippen LogP contribution is 2.28. The molecule has 1 aromatic carbocycles. The Morgan fingerprint density at radius 1 is 1.27 bits per heavy atom. The fourth-order valence-electron chi connectivity index (χ4n) is 3.09. The fraction of sp³-hybridized carbons (Fsp3) is 0.556. The number of rotatable bonds is 5. The van der Waals surface area contributed by atoms with E-state index < -0.39 is 6.09 Å². The molecule has 1 aliphatic carbocycles. The SMILES string of the molecule is CC[C@@H]1CCCCC(=O)[C@H]1CNC(=O)OCc1ccccc1. The smallest absolute Gasteiger partial charge is 0.407 e. The molecule has 22 heavy (non-hydrogen) atoms. The van der Waals surface area contributed by atoms with Gasteiger partial charge in [0.1, 0.15) is 12.4 Å². The maximum absolute atomic E-state index is 12.2. The minimum atomic E-state index is -0.448. The van der Waals surface area contributed by atoms with Crippen molar-refractivity contribution in [1.82, 2.24) is 5.32 Å². The summed E-state index contributed by atoms with van der Waals surface area (Å²) in [4.78, 5) is 24.0. The van der Waals surface area contributed by atoms with Crippen LogP contribution < -0.4 is 5.32 Å². The zero-order valence-electron chi connectivity index (χ0n) is 13.2. The van der Waals surface area contributed by atoms with Gasteiger partial charge in [-0.25, -0.2) is 4.79 Å². The van der Waals surface area contributed by atoms with Crippen LogP contribution in [0.25, 0.3) is 0 Å². The molecule has 1 aliphatic rings. The summed E-state index contributed by atoms with van der Waals surface area (Å²) in [5.74, 6) is 0.605. The van der Waals surface area contributed by atoms with Crippen molar-refractivity contribution in [2.24, 2.45) is 11.8 Å². The summed E-state index contributed by atoms with van der Waals surface area (Å²) in [6.45, 7) is 2.76. The largest absolute Gasteiger partial charge is 0.445 e. The highest BCUT2D eigenvalue weighted by Gasteiger charge is 2.29. The summed E-state index contributed by atoms with van der Waals surface area (Å²) < 4.78 is 5.19. The number of Topliss-reactive ketones (excluding diaryl/α,β-unsaturated/α-hetero) is 1. The number of carbonyl (C=O) groups excluding carboxylic acids is 2. The molecule has 0 unspecified atom stereocenters. The van der Waals surface area contributed by atoms with E-state index in [1.165, 1.54) is 0 Å². The first kappa shape index (κ1) is 16.5. The van der Waals surface area contributed by atoms with Gasteiger partial charge in [0.05, 0.1) is 0 Å². The van der Waals surface area contributed by atoms with Gasteiger partial charge >= 0.3 is 6.09 Å². The van der Waals surface area contributed by atoms with Gasteiger partial charge in [0.25, 0.3) is 0 Å². The van der Waals surface area contributed by atoms with Crippen molar-refractivity contribution in [3.63, 3.8) is 0 Å². The van der Waals surface area contributed by atoms with Gasteiger partial charge in [-0.2, -0.15) is 0 Å². The summed E-state index contributed by atoms with van der Waals surface area (Å²) in [6, 6.07) is 9.57. The second kappa shape index (κ2) is 8.57. The molecule has 1 N–H and O–H groups in total. The van der Waals surface area contributed by atoms with Gasteiger partial charge in [0.2, 0.25) is 0 Å². The first-order valence-electron chi connectivity index (χ1n) is 8.18. The summed E-state index contributed by atoms with van der Waals surface area (Å²) in [7, 11) is 0. The molecule has 0 aliphatic heterocycles. The van der Waals surface area contributed by atoms with Crippen LogP contribution >= 0.6 is 0 Å². The Morgan fingerprint density at radius 3 is 2.77 bits per heavy atom. The summed E-state index contributed by atoms with van der Waals surface area (Å²) in [5.41, 5.74) is 0.953. The molecule has 1 aromatic rings. The van der Waals surface area contributed by atoms with Crippen molar-refractivity contribution in [3.8, 4) is 0 Å². The monoisotopic (exact) mass is 303 g/mol. The van der Waals surface area contributed by atoms with Crippen molar-refractivity contribution < 1.29 is 14.3 Å². The lowest BCUT2D eigenvalue weighted by molar-refractivity contribution is -0.123. The number of carbonyl (C=O) groups is 2. The topological polar surface area (TPSA) is 55.4 Å². The van der Waals surface area contributed by atoms with Crippen LogP contribution in [0, 0.1) is 11.8 Å². The highest BCUT2D eigenvalue weighted by molar-refractivity contribution is 5.82. The average molecular weight is 303 g/mol. The molecule has 1 amide bonds. The Morgan fingerprint density at radius 2 is 2.05 bits per heavy atom. The standard InChI is InChI=1S/C18H25NO3/c1-2-15-10-6-7-11-17(20)16(15)12-19-18(21)22-13-14-8-4-3-5-9-14/h3-5,8-9,15-16H,2,6-7,10-13H2,1H3,(H,19,21)/t15-,16+/m1/s1. The molecule has 0 heterocycles. The van der Waals surface area contributed by atoms with Crippen LogP contribution in [-0.4, -0.2) is 18.4 Å². The molecule has 0 spiro atoms. The Labute approximate surface area is 132 Å². The number of hydrogen-bond acceptors (Lipinski definition) is 3. The number of ether oxygens (including phenoxy) is 1. The summed E-state index contributed by atoms with van der Waals surface area (Å²) in [6.07, 6.45) is 4.34. The lowest BCUT2D eigenvalue weighted by Crippen LogP contribution is -2.36.